The molecule has 102 valence electrons. The summed E-state index contributed by atoms with van der Waals surface area (Å²) in [4.78, 5) is 6.92. The minimum Gasteiger partial charge on any atom is -0.370 e. The molecule has 2 heterocycles. The first-order chi connectivity index (χ1) is 8.84. The van der Waals surface area contributed by atoms with Crippen LogP contribution in [0.1, 0.15) is 12.8 Å². The number of halogens is 1. The van der Waals surface area contributed by atoms with Crippen LogP contribution in [-0.4, -0.2) is 31.2 Å². The van der Waals surface area contributed by atoms with Gasteiger partial charge < -0.3 is 10.2 Å². The van der Waals surface area contributed by atoms with Crippen LogP contribution in [0, 0.1) is 0 Å². The van der Waals surface area contributed by atoms with E-state index in [9.17, 15) is 0 Å². The average molecular weight is 278 g/mol. The van der Waals surface area contributed by atoms with Crippen molar-refractivity contribution in [2.24, 2.45) is 0 Å². The lowest BCUT2D eigenvalue weighted by molar-refractivity contribution is 0.443. The van der Waals surface area contributed by atoms with Crippen LogP contribution < -0.4 is 10.2 Å². The number of pyridine rings is 1. The van der Waals surface area contributed by atoms with Crippen molar-refractivity contribution in [3.8, 4) is 0 Å². The molecule has 1 aliphatic rings. The summed E-state index contributed by atoms with van der Waals surface area (Å²) in [5.74, 6) is 0. The maximum absolute atomic E-state index is 4.54. The molecule has 3 nitrogen and oxygen atoms in total. The van der Waals surface area contributed by atoms with Crippen LogP contribution >= 0.6 is 12.4 Å². The third kappa shape index (κ3) is 2.99. The van der Waals surface area contributed by atoms with E-state index in [4.69, 9.17) is 0 Å². The molecule has 4 heteroatoms. The third-order valence-corrected chi connectivity index (χ3v) is 3.84. The quantitative estimate of drug-likeness (QED) is 0.915. The molecule has 1 aromatic heterocycles. The van der Waals surface area contributed by atoms with Crippen LogP contribution in [0.4, 0.5) is 5.69 Å². The summed E-state index contributed by atoms with van der Waals surface area (Å²) in [7, 11) is 2.18. The van der Waals surface area contributed by atoms with Gasteiger partial charge in [0.25, 0.3) is 0 Å². The molecular weight excluding hydrogens is 258 g/mol. The monoisotopic (exact) mass is 277 g/mol. The first-order valence-electron chi connectivity index (χ1n) is 6.63. The normalized spacial score (nSPS) is 16.1. The molecule has 0 atom stereocenters. The Bertz CT molecular complexity index is 538. The summed E-state index contributed by atoms with van der Waals surface area (Å²) in [5.41, 5.74) is 2.29. The maximum Gasteiger partial charge on any atom is 0.0703 e. The summed E-state index contributed by atoms with van der Waals surface area (Å²) in [6, 6.07) is 11.2. The highest BCUT2D eigenvalue weighted by Crippen LogP contribution is 2.22. The van der Waals surface area contributed by atoms with E-state index in [0.717, 1.165) is 18.6 Å². The molecule has 0 unspecified atom stereocenters. The van der Waals surface area contributed by atoms with Crippen LogP contribution in [0.15, 0.2) is 36.5 Å². The molecule has 1 aromatic carbocycles. The van der Waals surface area contributed by atoms with E-state index in [2.05, 4.69) is 46.5 Å². The van der Waals surface area contributed by atoms with Gasteiger partial charge in [-0.15, -0.1) is 12.4 Å². The second-order valence-corrected chi connectivity index (χ2v) is 4.98. The summed E-state index contributed by atoms with van der Waals surface area (Å²) >= 11 is 0. The number of para-hydroxylation sites is 1. The highest BCUT2D eigenvalue weighted by atomic mass is 35.5. The lowest BCUT2D eigenvalue weighted by Gasteiger charge is -2.33. The van der Waals surface area contributed by atoms with Crippen molar-refractivity contribution < 1.29 is 0 Å². The van der Waals surface area contributed by atoms with Crippen LogP contribution in [-0.2, 0) is 0 Å². The van der Waals surface area contributed by atoms with Crippen LogP contribution in [0.5, 0.6) is 0 Å². The van der Waals surface area contributed by atoms with Gasteiger partial charge in [0.2, 0.25) is 0 Å². The number of nitrogens with zero attached hydrogens (tertiary/aromatic N) is 2. The van der Waals surface area contributed by atoms with Gasteiger partial charge in [0.1, 0.15) is 0 Å². The first-order valence-corrected chi connectivity index (χ1v) is 6.63. The second kappa shape index (κ2) is 6.22. The van der Waals surface area contributed by atoms with Gasteiger partial charge in [0.05, 0.1) is 17.4 Å². The van der Waals surface area contributed by atoms with Crippen molar-refractivity contribution in [1.29, 1.82) is 0 Å². The maximum atomic E-state index is 4.54. The van der Waals surface area contributed by atoms with Crippen molar-refractivity contribution >= 4 is 29.0 Å². The molecule has 1 aliphatic heterocycles. The van der Waals surface area contributed by atoms with E-state index in [0.29, 0.717) is 6.04 Å². The Morgan fingerprint density at radius 1 is 1.21 bits per heavy atom. The minimum absolute atomic E-state index is 0. The number of nitrogens with one attached hydrogen (secondary N) is 1. The van der Waals surface area contributed by atoms with Crippen LogP contribution in [0.3, 0.4) is 0 Å². The summed E-state index contributed by atoms with van der Waals surface area (Å²) in [6.07, 6.45) is 4.41. The number of piperidine rings is 1. The number of anilines is 1. The van der Waals surface area contributed by atoms with Gasteiger partial charge in [-0.2, -0.15) is 0 Å². The molecule has 0 amide bonds. The highest BCUT2D eigenvalue weighted by molar-refractivity contribution is 5.85. The molecule has 1 fully saturated rings. The molecule has 0 saturated carbocycles. The smallest absolute Gasteiger partial charge is 0.0703 e. The molecule has 2 aromatic rings. The zero-order valence-electron chi connectivity index (χ0n) is 11.2. The van der Waals surface area contributed by atoms with Crippen molar-refractivity contribution in [2.75, 3.05) is 25.0 Å². The van der Waals surface area contributed by atoms with Crippen molar-refractivity contribution in [3.05, 3.63) is 36.5 Å². The number of benzene rings is 1. The highest BCUT2D eigenvalue weighted by Gasteiger charge is 2.18. The second-order valence-electron chi connectivity index (χ2n) is 4.98. The summed E-state index contributed by atoms with van der Waals surface area (Å²) < 4.78 is 0. The van der Waals surface area contributed by atoms with Gasteiger partial charge in [0, 0.05) is 18.5 Å². The number of fused-ring (bicyclic) bond motifs is 1. The van der Waals surface area contributed by atoms with Crippen LogP contribution in [0.25, 0.3) is 10.9 Å². The average Bonchev–Trinajstić information content (AvgIpc) is 2.47. The number of hydrogen-bond donors (Lipinski definition) is 1. The van der Waals surface area contributed by atoms with Crippen molar-refractivity contribution in [2.45, 2.75) is 18.9 Å². The first kappa shape index (κ1) is 14.1. The van der Waals surface area contributed by atoms with Gasteiger partial charge in [-0.05, 0) is 38.1 Å². The Morgan fingerprint density at radius 3 is 2.74 bits per heavy atom. The Kier molecular flexibility index (Phi) is 4.61. The zero-order chi connectivity index (χ0) is 12.4. The summed E-state index contributed by atoms with van der Waals surface area (Å²) in [6.45, 7) is 2.24. The SMILES string of the molecule is CN(c1cnc2ccccc2c1)C1CCNCC1.Cl. The Balaban J connectivity index is 0.00000133. The van der Waals surface area contributed by atoms with E-state index < -0.39 is 0 Å². The fourth-order valence-electron chi connectivity index (χ4n) is 2.66. The molecular formula is C15H20ClN3. The Hall–Kier alpha value is -1.32. The molecule has 19 heavy (non-hydrogen) atoms. The molecule has 0 aliphatic carbocycles. The van der Waals surface area contributed by atoms with Crippen LogP contribution in [0.2, 0.25) is 0 Å². The molecule has 0 bridgehead atoms. The fraction of sp³-hybridized carbons (Fsp3) is 0.400. The number of hydrogen-bond acceptors (Lipinski definition) is 3. The van der Waals surface area contributed by atoms with Crippen molar-refractivity contribution in [3.63, 3.8) is 0 Å². The predicted octanol–water partition coefficient (Wildman–Crippen LogP) is 2.84. The molecule has 0 radical (unpaired) electrons. The van der Waals surface area contributed by atoms with Gasteiger partial charge in [-0.25, -0.2) is 0 Å². The van der Waals surface area contributed by atoms with E-state index in [1.807, 2.05) is 12.3 Å². The zero-order valence-corrected chi connectivity index (χ0v) is 12.0. The summed E-state index contributed by atoms with van der Waals surface area (Å²) in [5, 5.41) is 4.63. The minimum atomic E-state index is 0. The van der Waals surface area contributed by atoms with Gasteiger partial charge in [0.15, 0.2) is 0 Å². The lowest BCUT2D eigenvalue weighted by atomic mass is 10.0. The van der Waals surface area contributed by atoms with E-state index in [-0.39, 0.29) is 12.4 Å². The third-order valence-electron chi connectivity index (χ3n) is 3.84. The van der Waals surface area contributed by atoms with Gasteiger partial charge in [-0.3, -0.25) is 4.98 Å². The number of rotatable bonds is 2. The molecule has 1 saturated heterocycles. The lowest BCUT2D eigenvalue weighted by Crippen LogP contribution is -2.41. The van der Waals surface area contributed by atoms with E-state index >= 15 is 0 Å². The van der Waals surface area contributed by atoms with E-state index in [1.54, 1.807) is 0 Å². The molecule has 1 N–H and O–H groups in total. The Labute approximate surface area is 120 Å². The molecule has 0 spiro atoms. The standard InChI is InChI=1S/C15H19N3.ClH/c1-18(13-6-8-16-9-7-13)14-10-12-4-2-3-5-15(12)17-11-14;/h2-5,10-11,13,16H,6-9H2,1H3;1H. The van der Waals surface area contributed by atoms with Crippen molar-refractivity contribution in [1.82, 2.24) is 10.3 Å². The topological polar surface area (TPSA) is 28.2 Å². The van der Waals surface area contributed by atoms with Gasteiger partial charge >= 0.3 is 0 Å². The van der Waals surface area contributed by atoms with Gasteiger partial charge in [-0.1, -0.05) is 18.2 Å². The largest absolute Gasteiger partial charge is 0.370 e. The van der Waals surface area contributed by atoms with E-state index in [1.165, 1.54) is 23.9 Å². The predicted molar refractivity (Wildman–Crippen MR) is 83.3 cm³/mol. The Morgan fingerprint density at radius 2 is 1.95 bits per heavy atom. The molecule has 3 rings (SSSR count). The number of aromatic nitrogens is 1. The fourth-order valence-corrected chi connectivity index (χ4v) is 2.66.